The molecule has 1 heterocycles. The van der Waals surface area contributed by atoms with Crippen LogP contribution < -0.4 is 0 Å². The minimum Gasteiger partial charge on any atom is -0.334 e. The van der Waals surface area contributed by atoms with Crippen molar-refractivity contribution < 1.29 is 9.59 Å². The Balaban J connectivity index is 3.13. The molecule has 1 aliphatic heterocycles. The molecule has 17 heavy (non-hydrogen) atoms. The molecule has 4 atom stereocenters. The fraction of sp³-hybridized carbons (Fsp3) is 0.500. The van der Waals surface area contributed by atoms with Gasteiger partial charge in [-0.15, -0.1) is 13.2 Å². The van der Waals surface area contributed by atoms with Crippen LogP contribution >= 0.6 is 12.6 Å². The second-order valence-electron chi connectivity index (χ2n) is 4.18. The van der Waals surface area contributed by atoms with Crippen LogP contribution in [0, 0.1) is 17.8 Å². The maximum absolute atomic E-state index is 12.1. The Bertz CT molecular complexity index is 326. The van der Waals surface area contributed by atoms with Crippen LogP contribution in [0.25, 0.3) is 0 Å². The molecule has 4 unspecified atom stereocenters. The van der Waals surface area contributed by atoms with E-state index in [0.717, 1.165) is 0 Å². The zero-order chi connectivity index (χ0) is 13.2. The number of hydrogen-bond acceptors (Lipinski definition) is 3. The fourth-order valence-corrected chi connectivity index (χ4v) is 2.51. The summed E-state index contributed by atoms with van der Waals surface area (Å²) in [5, 5.41) is -0.316. The molecule has 0 aromatic heterocycles. The monoisotopic (exact) mass is 250 g/mol. The van der Waals surface area contributed by atoms with Crippen molar-refractivity contribution >= 4 is 31.9 Å². The third-order valence-electron chi connectivity index (χ3n) is 3.24. The average Bonchev–Trinajstić information content (AvgIpc) is 2.58. The number of hydrogen-bond donors (Lipinski definition) is 1. The lowest BCUT2D eigenvalue weighted by Gasteiger charge is -2.22. The van der Waals surface area contributed by atoms with Gasteiger partial charge < -0.3 is 4.81 Å². The summed E-state index contributed by atoms with van der Waals surface area (Å²) in [4.78, 5) is 25.4. The molecule has 0 bridgehead atoms. The molecule has 1 saturated heterocycles. The SMILES string of the molecule is C=CC(C)C1C(=O)N([B]C)C(=O)C1C(S)C=C. The van der Waals surface area contributed by atoms with Crippen molar-refractivity contribution in [2.45, 2.75) is 19.0 Å². The number of nitrogens with zero attached hydrogens (tertiary/aromatic N) is 1. The molecule has 1 aliphatic rings. The van der Waals surface area contributed by atoms with Crippen molar-refractivity contribution in [2.75, 3.05) is 0 Å². The number of carbonyl (C=O) groups excluding carboxylic acids is 2. The molecule has 91 valence electrons. The van der Waals surface area contributed by atoms with Gasteiger partial charge in [-0.2, -0.15) is 12.6 Å². The van der Waals surface area contributed by atoms with Crippen LogP contribution in [0.2, 0.25) is 6.82 Å². The van der Waals surface area contributed by atoms with Crippen molar-refractivity contribution in [3.05, 3.63) is 25.3 Å². The van der Waals surface area contributed by atoms with E-state index in [9.17, 15) is 9.59 Å². The first-order chi connectivity index (χ1) is 7.99. The number of allylic oxidation sites excluding steroid dienone is 1. The van der Waals surface area contributed by atoms with Gasteiger partial charge >= 0.3 is 0 Å². The first kappa shape index (κ1) is 14.1. The minimum absolute atomic E-state index is 0.0593. The Morgan fingerprint density at radius 3 is 2.24 bits per heavy atom. The summed E-state index contributed by atoms with van der Waals surface area (Å²) in [5.74, 6) is -1.27. The van der Waals surface area contributed by atoms with Gasteiger partial charge in [-0.1, -0.05) is 25.9 Å². The minimum atomic E-state index is -0.451. The molecule has 5 heteroatoms. The molecule has 0 saturated carbocycles. The Morgan fingerprint density at radius 1 is 1.29 bits per heavy atom. The standard InChI is InChI=1S/C12H17BNO2S/c1-5-7(3)9-10(8(17)6-2)12(16)14(13-4)11(9)15/h5-10,17H,1-2H2,3-4H3. The lowest BCUT2D eigenvalue weighted by Crippen LogP contribution is -2.34. The first-order valence-electron chi connectivity index (χ1n) is 5.59. The highest BCUT2D eigenvalue weighted by molar-refractivity contribution is 7.81. The molecule has 0 aliphatic carbocycles. The van der Waals surface area contributed by atoms with Crippen molar-refractivity contribution in [2.24, 2.45) is 17.8 Å². The largest absolute Gasteiger partial charge is 0.334 e. The van der Waals surface area contributed by atoms with Gasteiger partial charge in [-0.25, -0.2) is 0 Å². The molecule has 1 fully saturated rings. The smallest absolute Gasteiger partial charge is 0.256 e. The van der Waals surface area contributed by atoms with Crippen molar-refractivity contribution in [1.29, 1.82) is 0 Å². The summed E-state index contributed by atoms with van der Waals surface area (Å²) in [6, 6.07) is 0. The quantitative estimate of drug-likeness (QED) is 0.348. The van der Waals surface area contributed by atoms with Gasteiger partial charge in [0.1, 0.15) is 0 Å². The fourth-order valence-electron chi connectivity index (χ4n) is 2.20. The lowest BCUT2D eigenvalue weighted by molar-refractivity contribution is -0.134. The summed E-state index contributed by atoms with van der Waals surface area (Å²) in [6.45, 7) is 10.9. The first-order valence-corrected chi connectivity index (χ1v) is 6.10. The summed E-state index contributed by atoms with van der Waals surface area (Å²) >= 11 is 4.33. The number of imide groups is 1. The highest BCUT2D eigenvalue weighted by atomic mass is 32.1. The van der Waals surface area contributed by atoms with E-state index in [1.54, 1.807) is 19.0 Å². The number of thiol groups is 1. The average molecular weight is 250 g/mol. The summed E-state index contributed by atoms with van der Waals surface area (Å²) < 4.78 is 0. The van der Waals surface area contributed by atoms with E-state index in [2.05, 4.69) is 25.8 Å². The molecule has 1 rings (SSSR count). The van der Waals surface area contributed by atoms with E-state index in [0.29, 0.717) is 0 Å². The summed E-state index contributed by atoms with van der Waals surface area (Å²) in [6.07, 6.45) is 3.30. The van der Waals surface area contributed by atoms with Gasteiger partial charge in [0.25, 0.3) is 7.41 Å². The number of amides is 2. The Morgan fingerprint density at radius 2 is 1.82 bits per heavy atom. The number of carbonyl (C=O) groups is 2. The second-order valence-corrected chi connectivity index (χ2v) is 4.77. The van der Waals surface area contributed by atoms with Gasteiger partial charge in [0.2, 0.25) is 11.8 Å². The maximum Gasteiger partial charge on any atom is 0.256 e. The van der Waals surface area contributed by atoms with E-state index >= 15 is 0 Å². The Kier molecular flexibility index (Phi) is 4.63. The molecular formula is C12H17BNO2S. The Labute approximate surface area is 109 Å². The predicted molar refractivity (Wildman–Crippen MR) is 72.8 cm³/mol. The Hall–Kier alpha value is -0.965. The molecule has 2 amide bonds. The van der Waals surface area contributed by atoms with E-state index in [4.69, 9.17) is 0 Å². The van der Waals surface area contributed by atoms with Gasteiger partial charge in [0.05, 0.1) is 11.8 Å². The van der Waals surface area contributed by atoms with E-state index in [1.807, 2.05) is 6.92 Å². The van der Waals surface area contributed by atoms with Crippen LogP contribution in [-0.4, -0.2) is 29.3 Å². The molecule has 0 aromatic carbocycles. The van der Waals surface area contributed by atoms with Crippen LogP contribution in [0.4, 0.5) is 0 Å². The normalized spacial score (nSPS) is 27.8. The third-order valence-corrected chi connectivity index (χ3v) is 3.77. The van der Waals surface area contributed by atoms with Crippen LogP contribution in [-0.2, 0) is 9.59 Å². The van der Waals surface area contributed by atoms with E-state index in [-0.39, 0.29) is 23.0 Å². The molecule has 0 aromatic rings. The topological polar surface area (TPSA) is 37.4 Å². The molecular weight excluding hydrogens is 233 g/mol. The van der Waals surface area contributed by atoms with Gasteiger partial charge in [0.15, 0.2) is 0 Å². The highest BCUT2D eigenvalue weighted by Gasteiger charge is 2.50. The third kappa shape index (κ3) is 2.34. The van der Waals surface area contributed by atoms with Crippen LogP contribution in [0.15, 0.2) is 25.3 Å². The van der Waals surface area contributed by atoms with Crippen LogP contribution in [0.1, 0.15) is 6.92 Å². The maximum atomic E-state index is 12.1. The summed E-state index contributed by atoms with van der Waals surface area (Å²) in [7, 11) is 1.51. The van der Waals surface area contributed by atoms with Gasteiger partial charge in [-0.05, 0) is 5.92 Å². The van der Waals surface area contributed by atoms with E-state index in [1.165, 1.54) is 12.2 Å². The zero-order valence-corrected chi connectivity index (χ0v) is 11.1. The van der Waals surface area contributed by atoms with Gasteiger partial charge in [0, 0.05) is 5.25 Å². The summed E-state index contributed by atoms with van der Waals surface area (Å²) in [5.41, 5.74) is 0. The second kappa shape index (κ2) is 5.58. The van der Waals surface area contributed by atoms with Crippen LogP contribution in [0.5, 0.6) is 0 Å². The molecule has 0 N–H and O–H groups in total. The van der Waals surface area contributed by atoms with E-state index < -0.39 is 11.8 Å². The highest BCUT2D eigenvalue weighted by Crippen LogP contribution is 2.36. The van der Waals surface area contributed by atoms with Gasteiger partial charge in [-0.3, -0.25) is 9.59 Å². The zero-order valence-electron chi connectivity index (χ0n) is 10.2. The van der Waals surface area contributed by atoms with Crippen molar-refractivity contribution in [3.63, 3.8) is 0 Å². The predicted octanol–water partition coefficient (Wildman–Crippen LogP) is 1.56. The lowest BCUT2D eigenvalue weighted by atomic mass is 9.82. The molecule has 1 radical (unpaired) electrons. The molecule has 0 spiro atoms. The number of rotatable bonds is 5. The van der Waals surface area contributed by atoms with Crippen LogP contribution in [0.3, 0.4) is 0 Å². The van der Waals surface area contributed by atoms with Crippen molar-refractivity contribution in [3.8, 4) is 0 Å². The molecule has 3 nitrogen and oxygen atoms in total. The van der Waals surface area contributed by atoms with Crippen molar-refractivity contribution in [1.82, 2.24) is 4.81 Å².